The van der Waals surface area contributed by atoms with Crippen LogP contribution in [0.25, 0.3) is 15.9 Å². The van der Waals surface area contributed by atoms with Gasteiger partial charge in [-0.1, -0.05) is 36.7 Å². The third-order valence-electron chi connectivity index (χ3n) is 5.25. The van der Waals surface area contributed by atoms with Crippen molar-refractivity contribution in [2.24, 2.45) is 0 Å². The lowest BCUT2D eigenvalue weighted by Crippen LogP contribution is -2.40. The van der Waals surface area contributed by atoms with Gasteiger partial charge in [0.1, 0.15) is 11.4 Å². The van der Waals surface area contributed by atoms with Crippen molar-refractivity contribution < 1.29 is 4.79 Å². The number of nitrogens with zero attached hydrogens (tertiary/aromatic N) is 2. The summed E-state index contributed by atoms with van der Waals surface area (Å²) in [6.45, 7) is 5.62. The van der Waals surface area contributed by atoms with Gasteiger partial charge in [0, 0.05) is 15.6 Å². The Morgan fingerprint density at radius 2 is 1.88 bits per heavy atom. The minimum Gasteiger partial charge on any atom is -0.324 e. The quantitative estimate of drug-likeness (QED) is 0.463. The summed E-state index contributed by atoms with van der Waals surface area (Å²) in [5, 5.41) is 3.71. The van der Waals surface area contributed by atoms with Gasteiger partial charge in [-0.15, -0.1) is 11.3 Å². The maximum absolute atomic E-state index is 13.4. The molecule has 1 amide bonds. The lowest BCUT2D eigenvalue weighted by Gasteiger charge is -2.13. The summed E-state index contributed by atoms with van der Waals surface area (Å²) in [5.41, 5.74) is 2.01. The van der Waals surface area contributed by atoms with Crippen molar-refractivity contribution in [1.82, 2.24) is 9.13 Å². The Hall–Kier alpha value is -3.16. The molecule has 0 spiro atoms. The van der Waals surface area contributed by atoms with Crippen molar-refractivity contribution >= 4 is 44.7 Å². The van der Waals surface area contributed by atoms with Gasteiger partial charge in [0.2, 0.25) is 5.91 Å². The van der Waals surface area contributed by atoms with Gasteiger partial charge in [0.05, 0.1) is 11.1 Å². The number of carbonyl (C=O) groups excluding carboxylic acids is 1. The SMILES string of the molecule is CCc1cc2c(=O)n(-c3cccc(Cl)c3)c(=O)n(CC(=O)Nc3cc(C)ccc3C)c2s1. The molecule has 0 saturated carbocycles. The van der Waals surface area contributed by atoms with E-state index in [0.29, 0.717) is 26.6 Å². The van der Waals surface area contributed by atoms with E-state index in [1.165, 1.54) is 15.9 Å². The van der Waals surface area contributed by atoms with Gasteiger partial charge < -0.3 is 5.32 Å². The van der Waals surface area contributed by atoms with Gasteiger partial charge in [-0.3, -0.25) is 14.2 Å². The molecule has 2 heterocycles. The molecule has 8 heteroatoms. The number of halogens is 1. The number of anilines is 1. The Labute approximate surface area is 193 Å². The summed E-state index contributed by atoms with van der Waals surface area (Å²) in [5.74, 6) is -0.343. The van der Waals surface area contributed by atoms with Crippen LogP contribution in [-0.2, 0) is 17.8 Å². The summed E-state index contributed by atoms with van der Waals surface area (Å²) in [6.07, 6.45) is 0.721. The second-order valence-corrected chi connectivity index (χ2v) is 9.19. The number of hydrogen-bond donors (Lipinski definition) is 1. The molecule has 4 aromatic rings. The number of thiophene rings is 1. The van der Waals surface area contributed by atoms with E-state index in [9.17, 15) is 14.4 Å². The number of amides is 1. The highest BCUT2D eigenvalue weighted by Crippen LogP contribution is 2.24. The number of hydrogen-bond acceptors (Lipinski definition) is 4. The molecule has 2 aromatic carbocycles. The molecule has 1 N–H and O–H groups in total. The Morgan fingerprint density at radius 3 is 2.59 bits per heavy atom. The second-order valence-electron chi connectivity index (χ2n) is 7.64. The number of benzene rings is 2. The maximum Gasteiger partial charge on any atom is 0.337 e. The lowest BCUT2D eigenvalue weighted by atomic mass is 10.1. The van der Waals surface area contributed by atoms with Crippen LogP contribution in [0.15, 0.2) is 58.1 Å². The molecule has 6 nitrogen and oxygen atoms in total. The van der Waals surface area contributed by atoms with Gasteiger partial charge in [-0.05, 0) is 61.7 Å². The summed E-state index contributed by atoms with van der Waals surface area (Å²) in [7, 11) is 0. The van der Waals surface area contributed by atoms with Crippen LogP contribution in [0.5, 0.6) is 0 Å². The van der Waals surface area contributed by atoms with Gasteiger partial charge >= 0.3 is 5.69 Å². The van der Waals surface area contributed by atoms with Crippen LogP contribution >= 0.6 is 22.9 Å². The predicted molar refractivity (Wildman–Crippen MR) is 131 cm³/mol. The third kappa shape index (κ3) is 4.13. The number of aryl methyl sites for hydroxylation is 3. The molecule has 0 radical (unpaired) electrons. The van der Waals surface area contributed by atoms with Gasteiger partial charge in [-0.2, -0.15) is 0 Å². The summed E-state index contributed by atoms with van der Waals surface area (Å²) in [4.78, 5) is 41.0. The van der Waals surface area contributed by atoms with Gasteiger partial charge in [0.15, 0.2) is 0 Å². The summed E-state index contributed by atoms with van der Waals surface area (Å²) in [6, 6.07) is 14.1. The summed E-state index contributed by atoms with van der Waals surface area (Å²) >= 11 is 7.46. The lowest BCUT2D eigenvalue weighted by molar-refractivity contribution is -0.116. The van der Waals surface area contributed by atoms with Crippen molar-refractivity contribution in [3.63, 3.8) is 0 Å². The molecule has 0 saturated heterocycles. The molecule has 0 atom stereocenters. The normalized spacial score (nSPS) is 11.1. The van der Waals surface area contributed by atoms with E-state index in [2.05, 4.69) is 5.32 Å². The third-order valence-corrected chi connectivity index (χ3v) is 6.79. The van der Waals surface area contributed by atoms with Crippen molar-refractivity contribution in [2.75, 3.05) is 5.32 Å². The smallest absolute Gasteiger partial charge is 0.324 e. The fourth-order valence-electron chi connectivity index (χ4n) is 3.56. The largest absolute Gasteiger partial charge is 0.337 e. The molecule has 32 heavy (non-hydrogen) atoms. The highest BCUT2D eigenvalue weighted by atomic mass is 35.5. The first-order chi connectivity index (χ1) is 15.3. The van der Waals surface area contributed by atoms with E-state index in [1.807, 2.05) is 39.0 Å². The molecule has 0 unspecified atom stereocenters. The minimum absolute atomic E-state index is 0.215. The van der Waals surface area contributed by atoms with Crippen molar-refractivity contribution in [3.8, 4) is 5.69 Å². The van der Waals surface area contributed by atoms with E-state index in [1.54, 1.807) is 30.3 Å². The van der Waals surface area contributed by atoms with E-state index in [-0.39, 0.29) is 12.5 Å². The molecule has 0 bridgehead atoms. The van der Waals surface area contributed by atoms with E-state index in [0.717, 1.165) is 27.0 Å². The van der Waals surface area contributed by atoms with Gasteiger partial charge in [-0.25, -0.2) is 9.36 Å². The first kappa shape index (κ1) is 22.0. The fraction of sp³-hybridized carbons (Fsp3) is 0.208. The monoisotopic (exact) mass is 467 g/mol. The van der Waals surface area contributed by atoms with Crippen molar-refractivity contribution in [3.05, 3.63) is 90.4 Å². The van der Waals surface area contributed by atoms with Crippen LogP contribution in [0.3, 0.4) is 0 Å². The van der Waals surface area contributed by atoms with E-state index >= 15 is 0 Å². The van der Waals surface area contributed by atoms with Crippen LogP contribution in [-0.4, -0.2) is 15.0 Å². The van der Waals surface area contributed by atoms with Crippen molar-refractivity contribution in [2.45, 2.75) is 33.7 Å². The van der Waals surface area contributed by atoms with Crippen LogP contribution in [0, 0.1) is 13.8 Å². The Balaban J connectivity index is 1.85. The van der Waals surface area contributed by atoms with Crippen LogP contribution < -0.4 is 16.6 Å². The van der Waals surface area contributed by atoms with Crippen LogP contribution in [0.4, 0.5) is 5.69 Å². The Kier molecular flexibility index (Phi) is 6.04. The van der Waals surface area contributed by atoms with Crippen molar-refractivity contribution in [1.29, 1.82) is 0 Å². The number of nitrogens with one attached hydrogen (secondary N) is 1. The van der Waals surface area contributed by atoms with E-state index in [4.69, 9.17) is 11.6 Å². The zero-order valence-electron chi connectivity index (χ0n) is 17.9. The highest BCUT2D eigenvalue weighted by Gasteiger charge is 2.19. The minimum atomic E-state index is -0.578. The number of rotatable bonds is 5. The van der Waals surface area contributed by atoms with Gasteiger partial charge in [0.25, 0.3) is 5.56 Å². The second kappa shape index (κ2) is 8.76. The van der Waals surface area contributed by atoms with E-state index < -0.39 is 11.2 Å². The Bertz CT molecular complexity index is 1470. The number of fused-ring (bicyclic) bond motifs is 1. The van der Waals surface area contributed by atoms with Crippen LogP contribution in [0.1, 0.15) is 22.9 Å². The molecule has 0 fully saturated rings. The first-order valence-corrected chi connectivity index (χ1v) is 11.4. The standard InChI is InChI=1S/C24H22ClN3O3S/c1-4-18-12-19-22(30)28(17-7-5-6-16(25)11-17)24(31)27(23(19)32-18)13-21(29)26-20-10-14(2)8-9-15(20)3/h5-12H,4,13H2,1-3H3,(H,26,29). The average Bonchev–Trinajstić information content (AvgIpc) is 3.19. The zero-order valence-corrected chi connectivity index (χ0v) is 19.5. The molecular formula is C24H22ClN3O3S. The molecule has 164 valence electrons. The molecule has 0 aliphatic rings. The topological polar surface area (TPSA) is 73.1 Å². The van der Waals surface area contributed by atoms with Crippen LogP contribution in [0.2, 0.25) is 5.02 Å². The number of carbonyl (C=O) groups is 1. The maximum atomic E-state index is 13.4. The molecular weight excluding hydrogens is 446 g/mol. The Morgan fingerprint density at radius 1 is 1.09 bits per heavy atom. The molecule has 2 aromatic heterocycles. The first-order valence-electron chi connectivity index (χ1n) is 10.2. The zero-order chi connectivity index (χ0) is 23.0. The molecule has 0 aliphatic carbocycles. The predicted octanol–water partition coefficient (Wildman–Crippen LogP) is 4.69. The average molecular weight is 468 g/mol. The fourth-order valence-corrected chi connectivity index (χ4v) is 4.82. The highest BCUT2D eigenvalue weighted by molar-refractivity contribution is 7.18. The summed E-state index contributed by atoms with van der Waals surface area (Å²) < 4.78 is 2.44. The molecule has 0 aliphatic heterocycles. The molecule has 4 rings (SSSR count). The number of aromatic nitrogens is 2.